The maximum Gasteiger partial charge on any atom is 0.416 e. The third-order valence-corrected chi connectivity index (χ3v) is 5.86. The van der Waals surface area contributed by atoms with Crippen LogP contribution < -0.4 is 9.30 Å². The first-order valence-electron chi connectivity index (χ1n) is 9.57. The summed E-state index contributed by atoms with van der Waals surface area (Å²) in [5.41, 5.74) is 3.24. The van der Waals surface area contributed by atoms with E-state index in [1.165, 1.54) is 6.07 Å². The number of pyridine rings is 1. The van der Waals surface area contributed by atoms with Crippen molar-refractivity contribution in [2.24, 2.45) is 7.05 Å². The third-order valence-electron chi connectivity index (χ3n) is 5.86. The number of aromatic nitrogens is 1. The van der Waals surface area contributed by atoms with E-state index in [1.54, 1.807) is 6.07 Å². The summed E-state index contributed by atoms with van der Waals surface area (Å²) < 4.78 is 48.7. The first kappa shape index (κ1) is 18.0. The summed E-state index contributed by atoms with van der Waals surface area (Å²) in [5, 5.41) is 3.46. The van der Waals surface area contributed by atoms with E-state index in [4.69, 9.17) is 4.74 Å². The van der Waals surface area contributed by atoms with Gasteiger partial charge in [0.15, 0.2) is 6.20 Å². The van der Waals surface area contributed by atoms with Gasteiger partial charge in [0.2, 0.25) is 5.69 Å². The Hall–Kier alpha value is -3.08. The van der Waals surface area contributed by atoms with Crippen molar-refractivity contribution in [2.45, 2.75) is 26.4 Å². The zero-order chi connectivity index (χ0) is 20.5. The molecule has 2 heterocycles. The van der Waals surface area contributed by atoms with Crippen LogP contribution in [0, 0.1) is 6.92 Å². The first-order valence-corrected chi connectivity index (χ1v) is 9.57. The average molecular weight is 394 g/mol. The second kappa shape index (κ2) is 5.96. The smallest absolute Gasteiger partial charge is 0.416 e. The molecule has 0 saturated heterocycles. The van der Waals surface area contributed by atoms with Gasteiger partial charge in [0.05, 0.1) is 16.5 Å². The Bertz CT molecular complexity index is 1320. The highest BCUT2D eigenvalue weighted by molar-refractivity contribution is 6.06. The minimum absolute atomic E-state index is 0.262. The summed E-state index contributed by atoms with van der Waals surface area (Å²) >= 11 is 0. The Morgan fingerprint density at radius 3 is 2.45 bits per heavy atom. The van der Waals surface area contributed by atoms with Crippen LogP contribution in [0.15, 0.2) is 48.7 Å². The zero-order valence-electron chi connectivity index (χ0n) is 16.3. The van der Waals surface area contributed by atoms with Crippen LogP contribution in [0.5, 0.6) is 11.5 Å². The number of nitrogens with zero attached hydrogens (tertiary/aromatic N) is 1. The van der Waals surface area contributed by atoms with Crippen molar-refractivity contribution in [3.8, 4) is 22.8 Å². The number of rotatable bonds is 1. The molecule has 0 amide bonds. The maximum absolute atomic E-state index is 13.5. The number of hydrogen-bond acceptors (Lipinski definition) is 1. The summed E-state index contributed by atoms with van der Waals surface area (Å²) in [6, 6.07) is 12.2. The van der Waals surface area contributed by atoms with Crippen molar-refractivity contribution < 1.29 is 22.5 Å². The molecule has 0 aliphatic carbocycles. The van der Waals surface area contributed by atoms with Crippen molar-refractivity contribution >= 4 is 21.5 Å². The van der Waals surface area contributed by atoms with E-state index in [2.05, 4.69) is 13.0 Å². The number of alkyl halides is 3. The molecule has 29 heavy (non-hydrogen) atoms. The summed E-state index contributed by atoms with van der Waals surface area (Å²) in [7, 11) is 1.92. The van der Waals surface area contributed by atoms with Gasteiger partial charge in [-0.15, -0.1) is 0 Å². The fourth-order valence-corrected chi connectivity index (χ4v) is 4.52. The third kappa shape index (κ3) is 2.46. The predicted molar refractivity (Wildman–Crippen MR) is 107 cm³/mol. The van der Waals surface area contributed by atoms with E-state index in [0.717, 1.165) is 51.0 Å². The van der Waals surface area contributed by atoms with Crippen LogP contribution in [0.3, 0.4) is 0 Å². The Kier molecular flexibility index (Phi) is 3.69. The van der Waals surface area contributed by atoms with E-state index in [0.29, 0.717) is 11.1 Å². The van der Waals surface area contributed by atoms with Crippen molar-refractivity contribution in [1.82, 2.24) is 0 Å². The second-order valence-electron chi connectivity index (χ2n) is 7.52. The normalized spacial score (nSPS) is 12.9. The van der Waals surface area contributed by atoms with Gasteiger partial charge in [0, 0.05) is 11.6 Å². The quantitative estimate of drug-likeness (QED) is 0.297. The largest absolute Gasteiger partial charge is 0.455 e. The molecule has 0 saturated carbocycles. The van der Waals surface area contributed by atoms with Crippen LogP contribution in [-0.4, -0.2) is 0 Å². The lowest BCUT2D eigenvalue weighted by Gasteiger charge is -2.25. The average Bonchev–Trinajstić information content (AvgIpc) is 2.69. The predicted octanol–water partition coefficient (Wildman–Crippen LogP) is 6.48. The molecule has 0 unspecified atom stereocenters. The van der Waals surface area contributed by atoms with Crippen LogP contribution in [-0.2, 0) is 19.6 Å². The summed E-state index contributed by atoms with van der Waals surface area (Å²) in [6.45, 7) is 4.10. The lowest BCUT2D eigenvalue weighted by molar-refractivity contribution is -0.659. The molecule has 0 spiro atoms. The van der Waals surface area contributed by atoms with Gasteiger partial charge in [-0.2, -0.15) is 13.2 Å². The minimum atomic E-state index is -4.43. The van der Waals surface area contributed by atoms with E-state index < -0.39 is 11.7 Å². The molecule has 0 atom stereocenters. The van der Waals surface area contributed by atoms with E-state index in [9.17, 15) is 13.2 Å². The molecule has 5 heteroatoms. The van der Waals surface area contributed by atoms with Gasteiger partial charge in [0.25, 0.3) is 0 Å². The lowest BCUT2D eigenvalue weighted by Crippen LogP contribution is -2.32. The number of ether oxygens (including phenoxy) is 1. The number of halogens is 3. The second-order valence-corrected chi connectivity index (χ2v) is 7.52. The van der Waals surface area contributed by atoms with Gasteiger partial charge in [-0.1, -0.05) is 31.2 Å². The number of hydrogen-bond donors (Lipinski definition) is 0. The van der Waals surface area contributed by atoms with Crippen LogP contribution in [0.4, 0.5) is 13.2 Å². The van der Waals surface area contributed by atoms with Crippen LogP contribution in [0.1, 0.15) is 23.6 Å². The van der Waals surface area contributed by atoms with E-state index >= 15 is 0 Å². The summed E-state index contributed by atoms with van der Waals surface area (Å²) in [6.07, 6.45) is -1.90. The molecule has 1 aliphatic rings. The van der Waals surface area contributed by atoms with Gasteiger partial charge in [-0.25, -0.2) is 4.57 Å². The topological polar surface area (TPSA) is 13.1 Å². The fraction of sp³-hybridized carbons (Fsp3) is 0.208. The molecule has 0 N–H and O–H groups in total. The van der Waals surface area contributed by atoms with E-state index in [1.807, 2.05) is 42.9 Å². The molecule has 0 bridgehead atoms. The lowest BCUT2D eigenvalue weighted by atomic mass is 9.88. The van der Waals surface area contributed by atoms with Crippen LogP contribution in [0.25, 0.3) is 32.8 Å². The molecule has 3 aromatic carbocycles. The number of aryl methyl sites for hydroxylation is 3. The van der Waals surface area contributed by atoms with E-state index in [-0.39, 0.29) is 5.75 Å². The Morgan fingerprint density at radius 2 is 1.76 bits per heavy atom. The summed E-state index contributed by atoms with van der Waals surface area (Å²) in [5.74, 6) is 0.927. The van der Waals surface area contributed by atoms with Crippen molar-refractivity contribution in [3.05, 3.63) is 65.4 Å². The number of fused-ring (bicyclic) bond motifs is 3. The number of benzene rings is 3. The van der Waals surface area contributed by atoms with Gasteiger partial charge < -0.3 is 4.74 Å². The van der Waals surface area contributed by atoms with Gasteiger partial charge >= 0.3 is 6.18 Å². The maximum atomic E-state index is 13.5. The highest BCUT2D eigenvalue weighted by Crippen LogP contribution is 2.51. The molecule has 1 aliphatic heterocycles. The van der Waals surface area contributed by atoms with Crippen molar-refractivity contribution in [1.29, 1.82) is 0 Å². The van der Waals surface area contributed by atoms with Gasteiger partial charge in [-0.05, 0) is 47.2 Å². The molecule has 146 valence electrons. The standard InChI is InChI=1S/C24H19F3NO/c1-4-16-18-8-6-5-7-17(18)13(2)20-22-21-14(9-10-28(22)3)11-15(24(25,26)27)12-19(21)29-23(16)20/h5-12H,4H2,1-3H3/q+1. The highest BCUT2D eigenvalue weighted by Gasteiger charge is 2.36. The zero-order valence-corrected chi connectivity index (χ0v) is 16.3. The van der Waals surface area contributed by atoms with Gasteiger partial charge in [-0.3, -0.25) is 0 Å². The summed E-state index contributed by atoms with van der Waals surface area (Å²) in [4.78, 5) is 0. The molecule has 2 nitrogen and oxygen atoms in total. The molecule has 1 aromatic heterocycles. The Balaban J connectivity index is 1.98. The van der Waals surface area contributed by atoms with Crippen molar-refractivity contribution in [2.75, 3.05) is 0 Å². The Morgan fingerprint density at radius 1 is 1.03 bits per heavy atom. The van der Waals surface area contributed by atoms with Crippen molar-refractivity contribution in [3.63, 3.8) is 0 Å². The first-order chi connectivity index (χ1) is 13.8. The molecule has 5 rings (SSSR count). The minimum Gasteiger partial charge on any atom is -0.455 e. The fourth-order valence-electron chi connectivity index (χ4n) is 4.52. The molecule has 4 aromatic rings. The van der Waals surface area contributed by atoms with Crippen LogP contribution >= 0.6 is 0 Å². The molecular weight excluding hydrogens is 375 g/mol. The monoisotopic (exact) mass is 394 g/mol. The Labute approximate surface area is 166 Å². The van der Waals surface area contributed by atoms with Gasteiger partial charge in [0.1, 0.15) is 18.5 Å². The molecular formula is C24H19F3NO+. The SMILES string of the molecule is CCc1c2c(c(C)c3ccccc13)-c1c3c(cc(C(F)(F)F)cc3cc[n+]1C)O2. The highest BCUT2D eigenvalue weighted by atomic mass is 19.4. The van der Waals surface area contributed by atoms with Crippen LogP contribution in [0.2, 0.25) is 0 Å². The molecule has 0 fully saturated rings. The molecule has 0 radical (unpaired) electrons.